The minimum absolute atomic E-state index is 1.39. The van der Waals surface area contributed by atoms with E-state index >= 15 is 0 Å². The zero-order chi connectivity index (χ0) is 9.71. The lowest BCUT2D eigenvalue weighted by molar-refractivity contribution is 1.65. The Morgan fingerprint density at radius 1 is 0.714 bits per heavy atom. The summed E-state index contributed by atoms with van der Waals surface area (Å²) >= 11 is 3.77. The Kier molecular flexibility index (Phi) is 1.70. The molecule has 2 aromatic heterocycles. The Morgan fingerprint density at radius 3 is 1.71 bits per heavy atom. The van der Waals surface area contributed by atoms with Crippen molar-refractivity contribution in [3.05, 3.63) is 34.0 Å². The van der Waals surface area contributed by atoms with Gasteiger partial charge in [-0.3, -0.25) is 0 Å². The molecule has 1 aromatic carbocycles. The van der Waals surface area contributed by atoms with Gasteiger partial charge in [0.05, 0.1) is 0 Å². The molecule has 3 rings (SSSR count). The normalized spacial score (nSPS) is 11.6. The van der Waals surface area contributed by atoms with Crippen LogP contribution in [0.1, 0.15) is 9.75 Å². The summed E-state index contributed by atoms with van der Waals surface area (Å²) in [6.07, 6.45) is 0. The number of fused-ring (bicyclic) bond motifs is 2. The van der Waals surface area contributed by atoms with Crippen LogP contribution in [0.4, 0.5) is 0 Å². The number of benzene rings is 1. The Bertz CT molecular complexity index is 511. The minimum atomic E-state index is 1.39. The van der Waals surface area contributed by atoms with Crippen LogP contribution in [0, 0.1) is 13.8 Å². The molecule has 0 N–H and O–H groups in total. The molecule has 2 heterocycles. The van der Waals surface area contributed by atoms with Crippen LogP contribution in [-0.2, 0) is 0 Å². The molecule has 2 heteroatoms. The summed E-state index contributed by atoms with van der Waals surface area (Å²) in [5, 5.41) is 2.77. The van der Waals surface area contributed by atoms with Crippen molar-refractivity contribution in [2.75, 3.05) is 0 Å². The fourth-order valence-electron chi connectivity index (χ4n) is 1.84. The van der Waals surface area contributed by atoms with Gasteiger partial charge in [-0.1, -0.05) is 0 Å². The molecule has 0 saturated carbocycles. The van der Waals surface area contributed by atoms with E-state index in [0.717, 1.165) is 0 Å². The number of thiophene rings is 2. The molecule has 0 atom stereocenters. The van der Waals surface area contributed by atoms with Gasteiger partial charge in [-0.2, -0.15) is 0 Å². The fraction of sp³-hybridized carbons (Fsp3) is 0.167. The first kappa shape index (κ1) is 8.45. The number of hydrogen-bond donors (Lipinski definition) is 0. The van der Waals surface area contributed by atoms with Gasteiger partial charge in [0.1, 0.15) is 0 Å². The van der Waals surface area contributed by atoms with E-state index in [1.165, 1.54) is 29.9 Å². The van der Waals surface area contributed by atoms with Crippen LogP contribution in [0.2, 0.25) is 0 Å². The highest BCUT2D eigenvalue weighted by atomic mass is 32.1. The van der Waals surface area contributed by atoms with E-state index in [1.807, 2.05) is 22.7 Å². The molecule has 0 aliphatic carbocycles. The molecule has 70 valence electrons. The molecule has 0 radical (unpaired) electrons. The van der Waals surface area contributed by atoms with E-state index in [9.17, 15) is 0 Å². The van der Waals surface area contributed by atoms with E-state index in [2.05, 4.69) is 38.1 Å². The van der Waals surface area contributed by atoms with Gasteiger partial charge < -0.3 is 0 Å². The van der Waals surface area contributed by atoms with Crippen LogP contribution in [0.5, 0.6) is 0 Å². The Labute approximate surface area is 90.8 Å². The van der Waals surface area contributed by atoms with Gasteiger partial charge in [-0.05, 0) is 48.9 Å². The van der Waals surface area contributed by atoms with E-state index < -0.39 is 0 Å². The van der Waals surface area contributed by atoms with E-state index in [4.69, 9.17) is 0 Å². The Morgan fingerprint density at radius 2 is 1.21 bits per heavy atom. The van der Waals surface area contributed by atoms with Crippen molar-refractivity contribution in [1.29, 1.82) is 0 Å². The first-order chi connectivity index (χ1) is 6.72. The molecule has 0 bridgehead atoms. The maximum Gasteiger partial charge on any atom is 0.0360 e. The molecule has 0 aliphatic heterocycles. The molecule has 0 aliphatic rings. The summed E-state index contributed by atoms with van der Waals surface area (Å²) in [6, 6.07) is 9.16. The summed E-state index contributed by atoms with van der Waals surface area (Å²) in [6.45, 7) is 4.34. The lowest BCUT2D eigenvalue weighted by Gasteiger charge is -1.89. The predicted molar refractivity (Wildman–Crippen MR) is 66.7 cm³/mol. The fourth-order valence-corrected chi connectivity index (χ4v) is 3.81. The van der Waals surface area contributed by atoms with Crippen molar-refractivity contribution in [1.82, 2.24) is 0 Å². The summed E-state index contributed by atoms with van der Waals surface area (Å²) < 4.78 is 2.83. The second-order valence-corrected chi connectivity index (χ2v) is 6.22. The summed E-state index contributed by atoms with van der Waals surface area (Å²) in [7, 11) is 0. The predicted octanol–water partition coefficient (Wildman–Crippen LogP) is 4.73. The third-order valence-electron chi connectivity index (χ3n) is 2.40. The quantitative estimate of drug-likeness (QED) is 0.511. The van der Waals surface area contributed by atoms with Gasteiger partial charge in [0.15, 0.2) is 0 Å². The van der Waals surface area contributed by atoms with Crippen LogP contribution < -0.4 is 0 Å². The highest BCUT2D eigenvalue weighted by Gasteiger charge is 2.03. The van der Waals surface area contributed by atoms with Gasteiger partial charge in [0.2, 0.25) is 0 Å². The topological polar surface area (TPSA) is 0 Å². The van der Waals surface area contributed by atoms with E-state index in [1.54, 1.807) is 0 Å². The van der Waals surface area contributed by atoms with Crippen LogP contribution >= 0.6 is 22.7 Å². The zero-order valence-corrected chi connectivity index (χ0v) is 9.76. The Hall–Kier alpha value is -0.860. The molecule has 0 nitrogen and oxygen atoms in total. The summed E-state index contributed by atoms with van der Waals surface area (Å²) in [5.41, 5.74) is 0. The Balaban J connectivity index is 2.49. The van der Waals surface area contributed by atoms with Crippen molar-refractivity contribution >= 4 is 42.8 Å². The molecular weight excluding hydrogens is 208 g/mol. The van der Waals surface area contributed by atoms with E-state index in [-0.39, 0.29) is 0 Å². The summed E-state index contributed by atoms with van der Waals surface area (Å²) in [4.78, 5) is 2.80. The van der Waals surface area contributed by atoms with Crippen LogP contribution in [0.15, 0.2) is 24.3 Å². The number of hydrogen-bond acceptors (Lipinski definition) is 2. The number of rotatable bonds is 0. The third kappa shape index (κ3) is 1.18. The first-order valence-corrected chi connectivity index (χ1v) is 6.26. The molecular formula is C12H10S2. The van der Waals surface area contributed by atoms with Crippen molar-refractivity contribution < 1.29 is 0 Å². The highest BCUT2D eigenvalue weighted by molar-refractivity contribution is 7.21. The smallest absolute Gasteiger partial charge is 0.0360 e. The molecule has 0 unspecified atom stereocenters. The van der Waals surface area contributed by atoms with E-state index in [0.29, 0.717) is 0 Å². The maximum absolute atomic E-state index is 2.32. The minimum Gasteiger partial charge on any atom is -0.141 e. The van der Waals surface area contributed by atoms with Gasteiger partial charge in [0, 0.05) is 19.2 Å². The van der Waals surface area contributed by atoms with Crippen LogP contribution in [0.25, 0.3) is 20.2 Å². The summed E-state index contributed by atoms with van der Waals surface area (Å²) in [5.74, 6) is 0. The molecule has 0 fully saturated rings. The van der Waals surface area contributed by atoms with Crippen molar-refractivity contribution in [2.45, 2.75) is 13.8 Å². The average molecular weight is 218 g/mol. The first-order valence-electron chi connectivity index (χ1n) is 4.63. The maximum atomic E-state index is 2.32. The number of aryl methyl sites for hydroxylation is 2. The zero-order valence-electron chi connectivity index (χ0n) is 8.13. The molecule has 14 heavy (non-hydrogen) atoms. The van der Waals surface area contributed by atoms with Gasteiger partial charge in [-0.25, -0.2) is 0 Å². The van der Waals surface area contributed by atoms with Crippen molar-refractivity contribution in [3.8, 4) is 0 Å². The molecule has 3 aromatic rings. The molecule has 0 amide bonds. The second kappa shape index (κ2) is 2.81. The van der Waals surface area contributed by atoms with Crippen LogP contribution in [0.3, 0.4) is 0 Å². The largest absolute Gasteiger partial charge is 0.141 e. The molecule has 0 spiro atoms. The average Bonchev–Trinajstić information content (AvgIpc) is 2.59. The third-order valence-corrected chi connectivity index (χ3v) is 4.43. The van der Waals surface area contributed by atoms with Crippen LogP contribution in [-0.4, -0.2) is 0 Å². The van der Waals surface area contributed by atoms with Gasteiger partial charge in [0.25, 0.3) is 0 Å². The van der Waals surface area contributed by atoms with Gasteiger partial charge in [-0.15, -0.1) is 22.7 Å². The molecule has 0 saturated heterocycles. The second-order valence-electron chi connectivity index (χ2n) is 3.64. The lowest BCUT2D eigenvalue weighted by atomic mass is 10.2. The highest BCUT2D eigenvalue weighted by Crippen LogP contribution is 2.33. The van der Waals surface area contributed by atoms with Crippen molar-refractivity contribution in [3.63, 3.8) is 0 Å². The monoisotopic (exact) mass is 218 g/mol. The van der Waals surface area contributed by atoms with Gasteiger partial charge >= 0.3 is 0 Å². The lowest BCUT2D eigenvalue weighted by Crippen LogP contribution is -1.62. The SMILES string of the molecule is Cc1cc2cc3cc(C)sc3cc2s1. The van der Waals surface area contributed by atoms with Crippen molar-refractivity contribution in [2.24, 2.45) is 0 Å². The standard InChI is InChI=1S/C12H10S2/c1-7-3-9-5-10-4-8(2)14-12(10)6-11(9)13-7/h3-6H,1-2H3.